The summed E-state index contributed by atoms with van der Waals surface area (Å²) >= 11 is 0. The SMILES string of the molecule is CCNCc1ccccc1OCCOc1cccc(C)c1. The molecule has 2 rings (SSSR count). The molecule has 0 aliphatic rings. The van der Waals surface area contributed by atoms with Crippen LogP contribution in [0.5, 0.6) is 11.5 Å². The highest BCUT2D eigenvalue weighted by Crippen LogP contribution is 2.18. The number of rotatable bonds is 8. The van der Waals surface area contributed by atoms with E-state index in [-0.39, 0.29) is 0 Å². The fraction of sp³-hybridized carbons (Fsp3) is 0.333. The molecular formula is C18H23NO2. The highest BCUT2D eigenvalue weighted by Gasteiger charge is 2.02. The van der Waals surface area contributed by atoms with Crippen LogP contribution in [-0.4, -0.2) is 19.8 Å². The molecule has 0 atom stereocenters. The summed E-state index contributed by atoms with van der Waals surface area (Å²) in [6.45, 7) is 7.01. The highest BCUT2D eigenvalue weighted by molar-refractivity contribution is 5.33. The van der Waals surface area contributed by atoms with Crippen LogP contribution in [0.3, 0.4) is 0 Å². The third-order valence-electron chi connectivity index (χ3n) is 3.14. The molecule has 2 aromatic rings. The lowest BCUT2D eigenvalue weighted by atomic mass is 10.2. The number of ether oxygens (including phenoxy) is 2. The van der Waals surface area contributed by atoms with Crippen LogP contribution in [0.15, 0.2) is 48.5 Å². The molecule has 0 unspecified atom stereocenters. The normalized spacial score (nSPS) is 10.4. The molecule has 0 aliphatic heterocycles. The maximum absolute atomic E-state index is 5.82. The van der Waals surface area contributed by atoms with E-state index >= 15 is 0 Å². The predicted molar refractivity (Wildman–Crippen MR) is 86.0 cm³/mol. The van der Waals surface area contributed by atoms with Gasteiger partial charge in [-0.15, -0.1) is 0 Å². The summed E-state index contributed by atoms with van der Waals surface area (Å²) in [5.41, 5.74) is 2.37. The quantitative estimate of drug-likeness (QED) is 0.752. The lowest BCUT2D eigenvalue weighted by molar-refractivity contribution is 0.215. The van der Waals surface area contributed by atoms with E-state index in [9.17, 15) is 0 Å². The first kappa shape index (κ1) is 15.4. The number of nitrogens with one attached hydrogen (secondary N) is 1. The van der Waals surface area contributed by atoms with Crippen LogP contribution in [-0.2, 0) is 6.54 Å². The second-order valence-electron chi connectivity index (χ2n) is 4.90. The van der Waals surface area contributed by atoms with Crippen molar-refractivity contribution in [2.75, 3.05) is 19.8 Å². The summed E-state index contributed by atoms with van der Waals surface area (Å²) in [6, 6.07) is 16.1. The van der Waals surface area contributed by atoms with Crippen LogP contribution in [0.4, 0.5) is 0 Å². The topological polar surface area (TPSA) is 30.5 Å². The van der Waals surface area contributed by atoms with E-state index < -0.39 is 0 Å². The maximum Gasteiger partial charge on any atom is 0.123 e. The summed E-state index contributed by atoms with van der Waals surface area (Å²) in [6.07, 6.45) is 0. The van der Waals surface area contributed by atoms with Gasteiger partial charge < -0.3 is 14.8 Å². The fourth-order valence-electron chi connectivity index (χ4n) is 2.07. The summed E-state index contributed by atoms with van der Waals surface area (Å²) in [4.78, 5) is 0. The maximum atomic E-state index is 5.82. The van der Waals surface area contributed by atoms with Crippen LogP contribution < -0.4 is 14.8 Å². The third kappa shape index (κ3) is 5.12. The Kier molecular flexibility index (Phi) is 6.10. The third-order valence-corrected chi connectivity index (χ3v) is 3.14. The molecule has 0 saturated carbocycles. The Labute approximate surface area is 126 Å². The van der Waals surface area contributed by atoms with Gasteiger partial charge in [0.05, 0.1) is 0 Å². The Morgan fingerprint density at radius 3 is 2.57 bits per heavy atom. The zero-order chi connectivity index (χ0) is 14.9. The molecule has 112 valence electrons. The zero-order valence-electron chi connectivity index (χ0n) is 12.8. The van der Waals surface area contributed by atoms with E-state index in [4.69, 9.17) is 9.47 Å². The Morgan fingerprint density at radius 2 is 1.76 bits per heavy atom. The molecule has 0 saturated heterocycles. The first-order valence-electron chi connectivity index (χ1n) is 7.40. The van der Waals surface area contributed by atoms with Gasteiger partial charge in [-0.1, -0.05) is 37.3 Å². The average Bonchev–Trinajstić information content (AvgIpc) is 2.50. The van der Waals surface area contributed by atoms with Crippen molar-refractivity contribution in [3.63, 3.8) is 0 Å². The van der Waals surface area contributed by atoms with Crippen LogP contribution in [0, 0.1) is 6.92 Å². The van der Waals surface area contributed by atoms with Crippen molar-refractivity contribution in [3.05, 3.63) is 59.7 Å². The van der Waals surface area contributed by atoms with Gasteiger partial charge in [0.2, 0.25) is 0 Å². The molecule has 0 radical (unpaired) electrons. The van der Waals surface area contributed by atoms with E-state index in [0.29, 0.717) is 13.2 Å². The Morgan fingerprint density at radius 1 is 0.952 bits per heavy atom. The van der Waals surface area contributed by atoms with Crippen molar-refractivity contribution in [3.8, 4) is 11.5 Å². The molecule has 0 bridgehead atoms. The fourth-order valence-corrected chi connectivity index (χ4v) is 2.07. The van der Waals surface area contributed by atoms with E-state index in [1.807, 2.05) is 36.4 Å². The molecule has 0 aliphatic carbocycles. The van der Waals surface area contributed by atoms with Crippen LogP contribution >= 0.6 is 0 Å². The number of para-hydroxylation sites is 1. The lowest BCUT2D eigenvalue weighted by Crippen LogP contribution is -2.14. The van der Waals surface area contributed by atoms with Gasteiger partial charge in [0.1, 0.15) is 24.7 Å². The second kappa shape index (κ2) is 8.32. The second-order valence-corrected chi connectivity index (χ2v) is 4.90. The first-order valence-corrected chi connectivity index (χ1v) is 7.40. The van der Waals surface area contributed by atoms with Crippen molar-refractivity contribution in [1.29, 1.82) is 0 Å². The Balaban J connectivity index is 1.80. The van der Waals surface area contributed by atoms with Crippen molar-refractivity contribution < 1.29 is 9.47 Å². The molecule has 2 aromatic carbocycles. The molecule has 0 heterocycles. The van der Waals surface area contributed by atoms with E-state index in [1.54, 1.807) is 0 Å². The largest absolute Gasteiger partial charge is 0.490 e. The van der Waals surface area contributed by atoms with Crippen LogP contribution in [0.25, 0.3) is 0 Å². The smallest absolute Gasteiger partial charge is 0.123 e. The molecule has 0 fully saturated rings. The number of hydrogen-bond donors (Lipinski definition) is 1. The van der Waals surface area contributed by atoms with Gasteiger partial charge in [0.15, 0.2) is 0 Å². The first-order chi connectivity index (χ1) is 10.3. The molecule has 0 aromatic heterocycles. The monoisotopic (exact) mass is 285 g/mol. The molecule has 3 nitrogen and oxygen atoms in total. The van der Waals surface area contributed by atoms with Crippen molar-refractivity contribution in [2.45, 2.75) is 20.4 Å². The van der Waals surface area contributed by atoms with Crippen LogP contribution in [0.1, 0.15) is 18.1 Å². The minimum Gasteiger partial charge on any atom is -0.490 e. The Bertz CT molecular complexity index is 554. The molecule has 21 heavy (non-hydrogen) atoms. The molecule has 1 N–H and O–H groups in total. The Hall–Kier alpha value is -2.00. The van der Waals surface area contributed by atoms with E-state index in [0.717, 1.165) is 24.6 Å². The van der Waals surface area contributed by atoms with Gasteiger partial charge in [-0.2, -0.15) is 0 Å². The van der Waals surface area contributed by atoms with Gasteiger partial charge in [-0.25, -0.2) is 0 Å². The zero-order valence-corrected chi connectivity index (χ0v) is 12.8. The van der Waals surface area contributed by atoms with Gasteiger partial charge in [0.25, 0.3) is 0 Å². The minimum atomic E-state index is 0.539. The summed E-state index contributed by atoms with van der Waals surface area (Å²) in [5, 5.41) is 3.32. The number of aryl methyl sites for hydroxylation is 1. The molecular weight excluding hydrogens is 262 g/mol. The van der Waals surface area contributed by atoms with E-state index in [2.05, 4.69) is 31.3 Å². The number of benzene rings is 2. The van der Waals surface area contributed by atoms with Crippen molar-refractivity contribution >= 4 is 0 Å². The van der Waals surface area contributed by atoms with Gasteiger partial charge in [-0.3, -0.25) is 0 Å². The van der Waals surface area contributed by atoms with Crippen LogP contribution in [0.2, 0.25) is 0 Å². The summed E-state index contributed by atoms with van der Waals surface area (Å²) in [5.74, 6) is 1.81. The molecule has 3 heteroatoms. The summed E-state index contributed by atoms with van der Waals surface area (Å²) in [7, 11) is 0. The predicted octanol–water partition coefficient (Wildman–Crippen LogP) is 3.56. The molecule has 0 amide bonds. The van der Waals surface area contributed by atoms with Gasteiger partial charge >= 0.3 is 0 Å². The summed E-state index contributed by atoms with van der Waals surface area (Å²) < 4.78 is 11.5. The van der Waals surface area contributed by atoms with Gasteiger partial charge in [-0.05, 0) is 37.2 Å². The average molecular weight is 285 g/mol. The van der Waals surface area contributed by atoms with Crippen molar-refractivity contribution in [2.24, 2.45) is 0 Å². The minimum absolute atomic E-state index is 0.539. The van der Waals surface area contributed by atoms with Gasteiger partial charge in [0, 0.05) is 12.1 Å². The lowest BCUT2D eigenvalue weighted by Gasteiger charge is -2.12. The standard InChI is InChI=1S/C18H23NO2/c1-3-19-14-16-8-4-5-10-18(16)21-12-11-20-17-9-6-7-15(2)13-17/h4-10,13,19H,3,11-12,14H2,1-2H3. The molecule has 0 spiro atoms. The number of hydrogen-bond acceptors (Lipinski definition) is 3. The van der Waals surface area contributed by atoms with E-state index in [1.165, 1.54) is 11.1 Å². The highest BCUT2D eigenvalue weighted by atomic mass is 16.5. The van der Waals surface area contributed by atoms with Crippen molar-refractivity contribution in [1.82, 2.24) is 5.32 Å².